The third kappa shape index (κ3) is 4.72. The number of aliphatic hydroxyl groups excluding tert-OH is 1. The highest BCUT2D eigenvalue weighted by molar-refractivity contribution is 5.96. The monoisotopic (exact) mass is 260 g/mol. The van der Waals surface area contributed by atoms with Crippen LogP contribution in [0.4, 0.5) is 0 Å². The maximum atomic E-state index is 12.3. The Labute approximate surface area is 114 Å². The van der Waals surface area contributed by atoms with Crippen molar-refractivity contribution in [1.82, 2.24) is 9.88 Å². The lowest BCUT2D eigenvalue weighted by Gasteiger charge is -2.17. The molecule has 0 aliphatic rings. The van der Waals surface area contributed by atoms with E-state index < -0.39 is 0 Å². The highest BCUT2D eigenvalue weighted by Crippen LogP contribution is 2.09. The largest absolute Gasteiger partial charge is 0.395 e. The van der Waals surface area contributed by atoms with Crippen LogP contribution in [-0.2, 0) is 0 Å². The molecule has 1 rings (SSSR count). The van der Waals surface area contributed by atoms with Crippen LogP contribution in [0.2, 0.25) is 0 Å². The second kappa shape index (κ2) is 8.28. The van der Waals surface area contributed by atoms with Crippen LogP contribution in [0.25, 0.3) is 0 Å². The molecule has 0 fully saturated rings. The summed E-state index contributed by atoms with van der Waals surface area (Å²) in [5.74, 6) is 5.67. The molecule has 0 aromatic carbocycles. The van der Waals surface area contributed by atoms with Gasteiger partial charge in [0.1, 0.15) is 0 Å². The van der Waals surface area contributed by atoms with Gasteiger partial charge in [0, 0.05) is 32.4 Å². The molecule has 1 amide bonds. The van der Waals surface area contributed by atoms with Gasteiger partial charge in [0.25, 0.3) is 5.91 Å². The lowest BCUT2D eigenvalue weighted by Crippen LogP contribution is -2.28. The van der Waals surface area contributed by atoms with Gasteiger partial charge in [-0.05, 0) is 12.5 Å². The maximum Gasteiger partial charge on any atom is 0.254 e. The molecule has 4 heteroatoms. The van der Waals surface area contributed by atoms with Crippen LogP contribution in [0.1, 0.15) is 42.1 Å². The molecule has 0 aliphatic carbocycles. The van der Waals surface area contributed by atoms with Crippen LogP contribution in [0.15, 0.2) is 18.5 Å². The Kier molecular flexibility index (Phi) is 6.62. The first-order valence-electron chi connectivity index (χ1n) is 6.50. The van der Waals surface area contributed by atoms with E-state index in [0.717, 1.165) is 19.4 Å². The average Bonchev–Trinajstić information content (AvgIpc) is 2.44. The van der Waals surface area contributed by atoms with Gasteiger partial charge < -0.3 is 10.0 Å². The molecule has 0 bridgehead atoms. The van der Waals surface area contributed by atoms with Crippen molar-refractivity contribution in [3.8, 4) is 11.8 Å². The fourth-order valence-electron chi connectivity index (χ4n) is 1.60. The summed E-state index contributed by atoms with van der Waals surface area (Å²) in [7, 11) is 1.79. The van der Waals surface area contributed by atoms with Gasteiger partial charge >= 0.3 is 0 Å². The number of nitrogens with zero attached hydrogens (tertiary/aromatic N) is 2. The van der Waals surface area contributed by atoms with Crippen LogP contribution in [0.5, 0.6) is 0 Å². The van der Waals surface area contributed by atoms with Gasteiger partial charge in [0.05, 0.1) is 17.7 Å². The van der Waals surface area contributed by atoms with Gasteiger partial charge in [-0.25, -0.2) is 0 Å². The van der Waals surface area contributed by atoms with Gasteiger partial charge in [-0.1, -0.05) is 25.2 Å². The summed E-state index contributed by atoms with van der Waals surface area (Å²) in [5.41, 5.74) is 1.18. The molecule has 0 unspecified atom stereocenters. The lowest BCUT2D eigenvalue weighted by molar-refractivity contribution is 0.0793. The quantitative estimate of drug-likeness (QED) is 0.820. The minimum Gasteiger partial charge on any atom is -0.395 e. The maximum absolute atomic E-state index is 12.3. The van der Waals surface area contributed by atoms with Crippen molar-refractivity contribution in [3.05, 3.63) is 29.6 Å². The Morgan fingerprint density at radius 2 is 2.32 bits per heavy atom. The molecule has 0 atom stereocenters. The van der Waals surface area contributed by atoms with Crippen molar-refractivity contribution in [2.75, 3.05) is 20.2 Å². The standard InChI is InChI=1S/C15H20N2O2/c1-3-4-10-17(2)15(19)14-8-9-16-12-13(14)7-5-6-11-18/h8-9,12,18H,3-4,6,10-11H2,1-2H3. The van der Waals surface area contributed by atoms with E-state index in [0.29, 0.717) is 17.5 Å². The van der Waals surface area contributed by atoms with Crippen molar-refractivity contribution in [1.29, 1.82) is 0 Å². The summed E-state index contributed by atoms with van der Waals surface area (Å²) in [6, 6.07) is 1.69. The molecule has 0 saturated heterocycles. The van der Waals surface area contributed by atoms with Crippen LogP contribution >= 0.6 is 0 Å². The fraction of sp³-hybridized carbons (Fsp3) is 0.467. The topological polar surface area (TPSA) is 53.4 Å². The lowest BCUT2D eigenvalue weighted by atomic mass is 10.1. The molecular weight excluding hydrogens is 240 g/mol. The van der Waals surface area contributed by atoms with Crippen LogP contribution in [0, 0.1) is 11.8 Å². The van der Waals surface area contributed by atoms with E-state index in [1.54, 1.807) is 30.4 Å². The second-order valence-electron chi connectivity index (χ2n) is 4.28. The van der Waals surface area contributed by atoms with Crippen molar-refractivity contribution < 1.29 is 9.90 Å². The Hall–Kier alpha value is -1.86. The van der Waals surface area contributed by atoms with Crippen LogP contribution in [0.3, 0.4) is 0 Å². The zero-order chi connectivity index (χ0) is 14.1. The molecule has 1 aromatic heterocycles. The first-order chi connectivity index (χ1) is 9.20. The SMILES string of the molecule is CCCCN(C)C(=O)c1ccncc1C#CCCO. The molecule has 1 aromatic rings. The number of unbranched alkanes of at least 4 members (excludes halogenated alkanes) is 1. The van der Waals surface area contributed by atoms with E-state index in [1.807, 2.05) is 0 Å². The van der Waals surface area contributed by atoms with E-state index in [1.165, 1.54) is 0 Å². The third-order valence-corrected chi connectivity index (χ3v) is 2.71. The molecule has 0 saturated carbocycles. The van der Waals surface area contributed by atoms with Crippen LogP contribution in [-0.4, -0.2) is 41.1 Å². The molecule has 102 valence electrons. The van der Waals surface area contributed by atoms with Gasteiger partial charge in [-0.3, -0.25) is 9.78 Å². The van der Waals surface area contributed by atoms with E-state index in [4.69, 9.17) is 5.11 Å². The van der Waals surface area contributed by atoms with E-state index in [2.05, 4.69) is 23.7 Å². The summed E-state index contributed by atoms with van der Waals surface area (Å²) in [5, 5.41) is 8.71. The highest BCUT2D eigenvalue weighted by Gasteiger charge is 2.14. The summed E-state index contributed by atoms with van der Waals surface area (Å²) in [6.45, 7) is 2.85. The van der Waals surface area contributed by atoms with Crippen molar-refractivity contribution in [2.45, 2.75) is 26.2 Å². The minimum atomic E-state index is -0.0378. The van der Waals surface area contributed by atoms with E-state index >= 15 is 0 Å². The molecule has 1 heterocycles. The van der Waals surface area contributed by atoms with Gasteiger partial charge in [0.15, 0.2) is 0 Å². The molecule has 0 radical (unpaired) electrons. The first-order valence-corrected chi connectivity index (χ1v) is 6.50. The van der Waals surface area contributed by atoms with Crippen LogP contribution < -0.4 is 0 Å². The zero-order valence-corrected chi connectivity index (χ0v) is 11.5. The summed E-state index contributed by atoms with van der Waals surface area (Å²) in [4.78, 5) is 18.0. The molecule has 0 aliphatic heterocycles. The molecule has 0 spiro atoms. The number of carbonyl (C=O) groups excluding carboxylic acids is 1. The summed E-state index contributed by atoms with van der Waals surface area (Å²) in [6.07, 6.45) is 5.62. The molecule has 4 nitrogen and oxygen atoms in total. The number of aliphatic hydroxyl groups is 1. The van der Waals surface area contributed by atoms with Gasteiger partial charge in [0.2, 0.25) is 0 Å². The average molecular weight is 260 g/mol. The van der Waals surface area contributed by atoms with E-state index in [-0.39, 0.29) is 12.5 Å². The highest BCUT2D eigenvalue weighted by atomic mass is 16.2. The van der Waals surface area contributed by atoms with Crippen molar-refractivity contribution >= 4 is 5.91 Å². The summed E-state index contributed by atoms with van der Waals surface area (Å²) >= 11 is 0. The molecular formula is C15H20N2O2. The number of hydrogen-bond donors (Lipinski definition) is 1. The van der Waals surface area contributed by atoms with Crippen molar-refractivity contribution in [2.24, 2.45) is 0 Å². The predicted molar refractivity (Wildman–Crippen MR) is 74.7 cm³/mol. The molecule has 1 N–H and O–H groups in total. The van der Waals surface area contributed by atoms with E-state index in [9.17, 15) is 4.79 Å². The van der Waals surface area contributed by atoms with Gasteiger partial charge in [-0.15, -0.1) is 0 Å². The zero-order valence-electron chi connectivity index (χ0n) is 11.5. The Bertz CT molecular complexity index is 475. The third-order valence-electron chi connectivity index (χ3n) is 2.71. The predicted octanol–water partition coefficient (Wildman–Crippen LogP) is 1.69. The number of carbonyl (C=O) groups is 1. The Morgan fingerprint density at radius 1 is 1.53 bits per heavy atom. The summed E-state index contributed by atoms with van der Waals surface area (Å²) < 4.78 is 0. The van der Waals surface area contributed by atoms with Gasteiger partial charge in [-0.2, -0.15) is 0 Å². The number of amides is 1. The number of pyridine rings is 1. The fourth-order valence-corrected chi connectivity index (χ4v) is 1.60. The second-order valence-corrected chi connectivity index (χ2v) is 4.28. The van der Waals surface area contributed by atoms with Crippen molar-refractivity contribution in [3.63, 3.8) is 0 Å². The minimum absolute atomic E-state index is 0.0208. The molecule has 19 heavy (non-hydrogen) atoms. The number of hydrogen-bond acceptors (Lipinski definition) is 3. The number of rotatable bonds is 5. The smallest absolute Gasteiger partial charge is 0.254 e. The first kappa shape index (κ1) is 15.2. The normalized spacial score (nSPS) is 9.63. The Morgan fingerprint density at radius 3 is 3.00 bits per heavy atom. The number of aromatic nitrogens is 1. The Balaban J connectivity index is 2.88.